The van der Waals surface area contributed by atoms with Gasteiger partial charge in [0.15, 0.2) is 6.29 Å². The highest BCUT2D eigenvalue weighted by Gasteiger charge is 2.34. The van der Waals surface area contributed by atoms with Crippen molar-refractivity contribution >= 4 is 11.8 Å². The quantitative estimate of drug-likeness (QED) is 0.281. The first-order valence-corrected chi connectivity index (χ1v) is 14.4. The molecular formula is C31H43N3O6. The molecule has 0 radical (unpaired) electrons. The zero-order valence-corrected chi connectivity index (χ0v) is 23.4. The average Bonchev–Trinajstić information content (AvgIpc) is 3.37. The maximum atomic E-state index is 12.2. The number of nitrogens with one attached hydrogen (secondary N) is 2. The number of hydrogen-bond donors (Lipinski definition) is 4. The standard InChI is InChI=1S/C31H43N3O6/c1-22(36)32-15-4-2-3-5-30(38)33-18-23-6-12-26(13-7-23)31-39-28(20-34-16-14-27(37)19-34)17-29(40-31)25-10-8-24(21-35)9-11-25/h6-13,27-29,31,35,37H,2-5,14-21H2,1H3,(H,32,36)(H,33,38)/t27-,28-,29+,31+/m0/s1. The Labute approximate surface area is 236 Å². The van der Waals surface area contributed by atoms with E-state index in [9.17, 15) is 19.8 Å². The van der Waals surface area contributed by atoms with Gasteiger partial charge in [-0.25, -0.2) is 0 Å². The second kappa shape index (κ2) is 15.3. The molecule has 9 heteroatoms. The van der Waals surface area contributed by atoms with Gasteiger partial charge >= 0.3 is 0 Å². The number of ether oxygens (including phenoxy) is 2. The molecule has 0 bridgehead atoms. The van der Waals surface area contributed by atoms with Crippen molar-refractivity contribution in [3.05, 3.63) is 70.8 Å². The summed E-state index contributed by atoms with van der Waals surface area (Å²) in [5.74, 6) is -0.00570. The first-order chi connectivity index (χ1) is 19.4. The number of likely N-dealkylation sites (tertiary alicyclic amines) is 1. The van der Waals surface area contributed by atoms with Gasteiger partial charge in [-0.1, -0.05) is 55.0 Å². The van der Waals surface area contributed by atoms with Crippen LogP contribution < -0.4 is 10.6 Å². The molecule has 0 saturated carbocycles. The summed E-state index contributed by atoms with van der Waals surface area (Å²) in [6, 6.07) is 15.8. The number of carbonyl (C=O) groups excluding carboxylic acids is 2. The lowest BCUT2D eigenvalue weighted by Crippen LogP contribution is -2.38. The van der Waals surface area contributed by atoms with E-state index in [4.69, 9.17) is 9.47 Å². The number of rotatable bonds is 13. The predicted molar refractivity (Wildman–Crippen MR) is 151 cm³/mol. The maximum absolute atomic E-state index is 12.2. The molecule has 0 aromatic heterocycles. The number of aliphatic hydroxyl groups is 2. The average molecular weight is 554 g/mol. The largest absolute Gasteiger partial charge is 0.392 e. The lowest BCUT2D eigenvalue weighted by atomic mass is 9.99. The highest BCUT2D eigenvalue weighted by Crippen LogP contribution is 2.38. The number of nitrogens with zero attached hydrogens (tertiary/aromatic N) is 1. The van der Waals surface area contributed by atoms with Crippen LogP contribution in [-0.4, -0.2) is 65.3 Å². The van der Waals surface area contributed by atoms with Crippen LogP contribution in [0.1, 0.15) is 80.1 Å². The lowest BCUT2D eigenvalue weighted by Gasteiger charge is -2.37. The van der Waals surface area contributed by atoms with E-state index < -0.39 is 6.29 Å². The minimum atomic E-state index is -0.532. The minimum Gasteiger partial charge on any atom is -0.392 e. The van der Waals surface area contributed by atoms with Gasteiger partial charge in [0, 0.05) is 58.1 Å². The van der Waals surface area contributed by atoms with Crippen LogP contribution >= 0.6 is 0 Å². The topological polar surface area (TPSA) is 120 Å². The highest BCUT2D eigenvalue weighted by atomic mass is 16.7. The molecule has 218 valence electrons. The third-order valence-electron chi connectivity index (χ3n) is 7.52. The molecule has 40 heavy (non-hydrogen) atoms. The molecule has 4 N–H and O–H groups in total. The van der Waals surface area contributed by atoms with Crippen LogP contribution in [0.25, 0.3) is 0 Å². The molecule has 2 heterocycles. The predicted octanol–water partition coefficient (Wildman–Crippen LogP) is 3.10. The number of unbranched alkanes of at least 4 members (excludes halogenated alkanes) is 2. The van der Waals surface area contributed by atoms with Crippen molar-refractivity contribution in [2.75, 3.05) is 26.2 Å². The van der Waals surface area contributed by atoms with E-state index >= 15 is 0 Å². The molecule has 2 saturated heterocycles. The second-order valence-corrected chi connectivity index (χ2v) is 10.9. The summed E-state index contributed by atoms with van der Waals surface area (Å²) in [6.45, 7) is 4.88. The lowest BCUT2D eigenvalue weighted by molar-refractivity contribution is -0.252. The van der Waals surface area contributed by atoms with Crippen LogP contribution in [0.15, 0.2) is 48.5 Å². The second-order valence-electron chi connectivity index (χ2n) is 10.9. The van der Waals surface area contributed by atoms with Crippen LogP contribution in [0, 0.1) is 0 Å². The molecule has 4 atom stereocenters. The van der Waals surface area contributed by atoms with Gasteiger partial charge in [0.2, 0.25) is 11.8 Å². The Morgan fingerprint density at radius 1 is 0.950 bits per heavy atom. The zero-order chi connectivity index (χ0) is 28.3. The molecule has 0 aliphatic carbocycles. The Balaban J connectivity index is 1.31. The van der Waals surface area contributed by atoms with E-state index in [1.807, 2.05) is 48.5 Å². The van der Waals surface area contributed by atoms with Crippen LogP contribution in [0.2, 0.25) is 0 Å². The number of amides is 2. The van der Waals surface area contributed by atoms with E-state index in [1.165, 1.54) is 6.92 Å². The Morgan fingerprint density at radius 2 is 1.68 bits per heavy atom. The SMILES string of the molecule is CC(=O)NCCCCCC(=O)NCc1ccc([C@@H]2O[C@H](CN3CC[C@H](O)C3)C[C@H](c3ccc(CO)cc3)O2)cc1. The third-order valence-corrected chi connectivity index (χ3v) is 7.52. The Bertz CT molecular complexity index is 1080. The van der Waals surface area contributed by atoms with E-state index in [0.29, 0.717) is 32.5 Å². The van der Waals surface area contributed by atoms with Gasteiger partial charge < -0.3 is 30.3 Å². The van der Waals surface area contributed by atoms with E-state index in [0.717, 1.165) is 61.0 Å². The Morgan fingerprint density at radius 3 is 2.35 bits per heavy atom. The summed E-state index contributed by atoms with van der Waals surface area (Å²) in [5, 5.41) is 25.1. The molecule has 2 fully saturated rings. The van der Waals surface area contributed by atoms with Gasteiger partial charge in [-0.3, -0.25) is 14.5 Å². The van der Waals surface area contributed by atoms with Gasteiger partial charge in [0.1, 0.15) is 0 Å². The number of hydrogen-bond acceptors (Lipinski definition) is 7. The van der Waals surface area contributed by atoms with Crippen molar-refractivity contribution in [3.63, 3.8) is 0 Å². The molecule has 2 aliphatic rings. The summed E-state index contributed by atoms with van der Waals surface area (Å²) < 4.78 is 12.8. The van der Waals surface area contributed by atoms with Crippen LogP contribution in [0.4, 0.5) is 0 Å². The number of carbonyl (C=O) groups is 2. The molecule has 2 aromatic carbocycles. The summed E-state index contributed by atoms with van der Waals surface area (Å²) in [7, 11) is 0. The summed E-state index contributed by atoms with van der Waals surface area (Å²) in [5.41, 5.74) is 3.82. The van der Waals surface area contributed by atoms with Gasteiger partial charge in [-0.05, 0) is 36.0 Å². The van der Waals surface area contributed by atoms with Gasteiger partial charge in [-0.2, -0.15) is 0 Å². The molecular weight excluding hydrogens is 510 g/mol. The van der Waals surface area contributed by atoms with E-state index in [2.05, 4.69) is 15.5 Å². The van der Waals surface area contributed by atoms with Crippen molar-refractivity contribution < 1.29 is 29.3 Å². The maximum Gasteiger partial charge on any atom is 0.220 e. The summed E-state index contributed by atoms with van der Waals surface area (Å²) >= 11 is 0. The molecule has 2 aliphatic heterocycles. The third kappa shape index (κ3) is 9.38. The minimum absolute atomic E-state index is 0.00416. The fraction of sp³-hybridized carbons (Fsp3) is 0.548. The van der Waals surface area contributed by atoms with Crippen molar-refractivity contribution in [2.24, 2.45) is 0 Å². The van der Waals surface area contributed by atoms with Crippen LogP contribution in [-0.2, 0) is 32.2 Å². The Kier molecular flexibility index (Phi) is 11.5. The molecule has 4 rings (SSSR count). The number of benzene rings is 2. The van der Waals surface area contributed by atoms with Gasteiger partial charge in [0.25, 0.3) is 0 Å². The summed E-state index contributed by atoms with van der Waals surface area (Å²) in [4.78, 5) is 25.4. The Hall–Kier alpha value is -2.82. The van der Waals surface area contributed by atoms with E-state index in [1.54, 1.807) is 0 Å². The normalized spacial score (nSPS) is 23.2. The summed E-state index contributed by atoms with van der Waals surface area (Å²) in [6.07, 6.45) is 3.51. The molecule has 9 nitrogen and oxygen atoms in total. The molecule has 0 spiro atoms. The van der Waals surface area contributed by atoms with Crippen molar-refractivity contribution in [1.82, 2.24) is 15.5 Å². The first kappa shape index (κ1) is 30.1. The smallest absolute Gasteiger partial charge is 0.220 e. The zero-order valence-electron chi connectivity index (χ0n) is 23.4. The van der Waals surface area contributed by atoms with Crippen LogP contribution in [0.3, 0.4) is 0 Å². The fourth-order valence-corrected chi connectivity index (χ4v) is 5.23. The fourth-order valence-electron chi connectivity index (χ4n) is 5.23. The molecule has 0 unspecified atom stereocenters. The monoisotopic (exact) mass is 553 g/mol. The number of aliphatic hydroxyl groups excluding tert-OH is 2. The van der Waals surface area contributed by atoms with Crippen LogP contribution in [0.5, 0.6) is 0 Å². The van der Waals surface area contributed by atoms with Gasteiger partial charge in [0.05, 0.1) is 24.9 Å². The first-order valence-electron chi connectivity index (χ1n) is 14.4. The van der Waals surface area contributed by atoms with Crippen molar-refractivity contribution in [1.29, 1.82) is 0 Å². The van der Waals surface area contributed by atoms with Crippen molar-refractivity contribution in [3.8, 4) is 0 Å². The number of β-amino-alcohol motifs (C(OH)–C–C–N with tert-alkyl or cyclic N) is 1. The van der Waals surface area contributed by atoms with Crippen molar-refractivity contribution in [2.45, 2.75) is 83.2 Å². The van der Waals surface area contributed by atoms with E-state index in [-0.39, 0.29) is 36.7 Å². The van der Waals surface area contributed by atoms with Gasteiger partial charge in [-0.15, -0.1) is 0 Å². The molecule has 2 aromatic rings. The highest BCUT2D eigenvalue weighted by molar-refractivity contribution is 5.75. The molecule has 2 amide bonds.